The summed E-state index contributed by atoms with van der Waals surface area (Å²) >= 11 is 0. The molecule has 0 bridgehead atoms. The molecule has 1 aliphatic heterocycles. The van der Waals surface area contributed by atoms with Crippen molar-refractivity contribution in [2.24, 2.45) is 5.92 Å². The Hall–Kier alpha value is -2.16. The fourth-order valence-corrected chi connectivity index (χ4v) is 3.42. The van der Waals surface area contributed by atoms with E-state index in [1.54, 1.807) is 13.8 Å². The highest BCUT2D eigenvalue weighted by molar-refractivity contribution is 6.01. The van der Waals surface area contributed by atoms with Crippen LogP contribution in [-0.2, 0) is 20.7 Å². The topological polar surface area (TPSA) is 43.4 Å². The molecule has 1 aromatic carbocycles. The number of ether oxygens (including phenoxy) is 1. The van der Waals surface area contributed by atoms with Crippen molar-refractivity contribution in [3.05, 3.63) is 58.6 Å². The van der Waals surface area contributed by atoms with E-state index in [0.717, 1.165) is 24.8 Å². The molecule has 3 heteroatoms. The van der Waals surface area contributed by atoms with Crippen LogP contribution in [-0.4, -0.2) is 11.6 Å². The van der Waals surface area contributed by atoms with Gasteiger partial charge < -0.3 is 4.74 Å². The van der Waals surface area contributed by atoms with Crippen LogP contribution in [0, 0.1) is 5.92 Å². The maximum absolute atomic E-state index is 12.4. The van der Waals surface area contributed by atoms with Gasteiger partial charge in [0.1, 0.15) is 11.5 Å². The van der Waals surface area contributed by atoms with E-state index in [2.05, 4.69) is 6.92 Å². The molecule has 0 spiro atoms. The first-order chi connectivity index (χ1) is 11.5. The van der Waals surface area contributed by atoms with Crippen LogP contribution in [0.15, 0.2) is 53.0 Å². The first-order valence-electron chi connectivity index (χ1n) is 8.63. The molecule has 1 aliphatic rings. The van der Waals surface area contributed by atoms with Crippen molar-refractivity contribution >= 4 is 11.6 Å². The third-order valence-electron chi connectivity index (χ3n) is 4.47. The van der Waals surface area contributed by atoms with Crippen molar-refractivity contribution < 1.29 is 14.3 Å². The van der Waals surface area contributed by atoms with Gasteiger partial charge >= 0.3 is 0 Å². The molecule has 24 heavy (non-hydrogen) atoms. The number of rotatable bonds is 7. The predicted octanol–water partition coefficient (Wildman–Crippen LogP) is 4.77. The van der Waals surface area contributed by atoms with E-state index in [1.807, 2.05) is 37.3 Å². The second-order valence-corrected chi connectivity index (χ2v) is 6.38. The van der Waals surface area contributed by atoms with E-state index < -0.39 is 0 Å². The summed E-state index contributed by atoms with van der Waals surface area (Å²) in [5, 5.41) is 0. The minimum Gasteiger partial charge on any atom is -0.465 e. The second-order valence-electron chi connectivity index (χ2n) is 6.38. The molecule has 128 valence electrons. The molecular weight excluding hydrogens is 300 g/mol. The van der Waals surface area contributed by atoms with E-state index in [-0.39, 0.29) is 17.5 Å². The van der Waals surface area contributed by atoms with Crippen molar-refractivity contribution in [3.63, 3.8) is 0 Å². The molecule has 1 heterocycles. The molecule has 0 saturated heterocycles. The summed E-state index contributed by atoms with van der Waals surface area (Å²) in [4.78, 5) is 24.5. The van der Waals surface area contributed by atoms with Gasteiger partial charge in [0.2, 0.25) is 0 Å². The van der Waals surface area contributed by atoms with E-state index in [1.165, 1.54) is 0 Å². The van der Waals surface area contributed by atoms with Crippen molar-refractivity contribution in [1.82, 2.24) is 0 Å². The second kappa shape index (κ2) is 8.09. The third-order valence-corrected chi connectivity index (χ3v) is 4.47. The van der Waals surface area contributed by atoms with Gasteiger partial charge in [-0.15, -0.1) is 0 Å². The molecule has 0 aromatic heterocycles. The molecule has 0 amide bonds. The first-order valence-corrected chi connectivity index (χ1v) is 8.63. The summed E-state index contributed by atoms with van der Waals surface area (Å²) in [5.74, 6) is 1.17. The van der Waals surface area contributed by atoms with Crippen molar-refractivity contribution in [3.8, 4) is 0 Å². The third kappa shape index (κ3) is 4.02. The van der Waals surface area contributed by atoms with Gasteiger partial charge in [0.25, 0.3) is 0 Å². The Balaban J connectivity index is 2.47. The number of hydrogen-bond donors (Lipinski definition) is 0. The summed E-state index contributed by atoms with van der Waals surface area (Å²) in [6.45, 7) is 7.07. The summed E-state index contributed by atoms with van der Waals surface area (Å²) in [5.41, 5.74) is 2.42. The number of benzene rings is 1. The highest BCUT2D eigenvalue weighted by Crippen LogP contribution is 2.38. The molecule has 1 unspecified atom stereocenters. The predicted molar refractivity (Wildman–Crippen MR) is 95.3 cm³/mol. The van der Waals surface area contributed by atoms with Crippen molar-refractivity contribution in [1.29, 1.82) is 0 Å². The average Bonchev–Trinajstić information content (AvgIpc) is 2.52. The fourth-order valence-electron chi connectivity index (χ4n) is 3.42. The largest absolute Gasteiger partial charge is 0.465 e. The summed E-state index contributed by atoms with van der Waals surface area (Å²) in [7, 11) is 0. The Bertz CT molecular complexity index is 680. The number of carbonyl (C=O) groups excluding carboxylic acids is 2. The SMILES string of the molecule is CCCCC1C(C(C)=O)=C(C)OC(Cc2ccccc2)=C1C(C)=O. The van der Waals surface area contributed by atoms with Gasteiger partial charge in [0.15, 0.2) is 11.6 Å². The molecule has 2 rings (SSSR count). The molecule has 0 saturated carbocycles. The minimum absolute atomic E-state index is 0.00622. The summed E-state index contributed by atoms with van der Waals surface area (Å²) in [6.07, 6.45) is 3.38. The Morgan fingerprint density at radius 1 is 1.04 bits per heavy atom. The quantitative estimate of drug-likeness (QED) is 0.725. The number of hydrogen-bond acceptors (Lipinski definition) is 3. The molecule has 0 N–H and O–H groups in total. The molecule has 3 nitrogen and oxygen atoms in total. The van der Waals surface area contributed by atoms with Crippen molar-refractivity contribution in [2.45, 2.75) is 53.4 Å². The Labute approximate surface area is 144 Å². The van der Waals surface area contributed by atoms with Crippen molar-refractivity contribution in [2.75, 3.05) is 0 Å². The minimum atomic E-state index is -0.146. The van der Waals surface area contributed by atoms with Crippen LogP contribution < -0.4 is 0 Å². The fraction of sp³-hybridized carbons (Fsp3) is 0.429. The van der Waals surface area contributed by atoms with Gasteiger partial charge in [0, 0.05) is 23.5 Å². The molecule has 0 fully saturated rings. The molecular formula is C21H26O3. The molecule has 1 aromatic rings. The van der Waals surface area contributed by atoms with Crippen LogP contribution in [0.1, 0.15) is 52.5 Å². The van der Waals surface area contributed by atoms with Crippen LogP contribution >= 0.6 is 0 Å². The number of allylic oxidation sites excluding steroid dienone is 4. The molecule has 0 radical (unpaired) electrons. The van der Waals surface area contributed by atoms with Gasteiger partial charge in [-0.3, -0.25) is 9.59 Å². The normalized spacial score (nSPS) is 17.8. The van der Waals surface area contributed by atoms with Gasteiger partial charge in [-0.2, -0.15) is 0 Å². The summed E-state index contributed by atoms with van der Waals surface area (Å²) < 4.78 is 5.97. The lowest BCUT2D eigenvalue weighted by Gasteiger charge is -2.30. The number of Topliss-reactive ketones (excluding diaryl/α,β-unsaturated/α-hetero) is 2. The Kier molecular flexibility index (Phi) is 6.13. The zero-order valence-electron chi connectivity index (χ0n) is 15.0. The maximum Gasteiger partial charge on any atom is 0.159 e. The zero-order chi connectivity index (χ0) is 17.7. The average molecular weight is 326 g/mol. The van der Waals surface area contributed by atoms with Crippen LogP contribution in [0.4, 0.5) is 0 Å². The van der Waals surface area contributed by atoms with Crippen LogP contribution in [0.25, 0.3) is 0 Å². The number of unbranched alkanes of at least 4 members (excludes halogenated alkanes) is 1. The highest BCUT2D eigenvalue weighted by atomic mass is 16.5. The number of carbonyl (C=O) groups is 2. The van der Waals surface area contributed by atoms with E-state index in [4.69, 9.17) is 4.74 Å². The van der Waals surface area contributed by atoms with Gasteiger partial charge in [0.05, 0.1) is 0 Å². The lowest BCUT2D eigenvalue weighted by Crippen LogP contribution is -2.26. The zero-order valence-corrected chi connectivity index (χ0v) is 15.0. The van der Waals surface area contributed by atoms with Crippen LogP contribution in [0.3, 0.4) is 0 Å². The highest BCUT2D eigenvalue weighted by Gasteiger charge is 2.34. The van der Waals surface area contributed by atoms with E-state index in [9.17, 15) is 9.59 Å². The number of ketones is 2. The van der Waals surface area contributed by atoms with E-state index in [0.29, 0.717) is 29.1 Å². The Morgan fingerprint density at radius 3 is 2.21 bits per heavy atom. The van der Waals surface area contributed by atoms with Gasteiger partial charge in [-0.05, 0) is 32.8 Å². The standard InChI is InChI=1S/C21H26O3/c1-5-6-12-18-20(14(2)22)16(4)24-19(21(18)15(3)23)13-17-10-8-7-9-11-17/h7-11,18H,5-6,12-13H2,1-4H3. The first kappa shape index (κ1) is 18.2. The Morgan fingerprint density at radius 2 is 1.67 bits per heavy atom. The van der Waals surface area contributed by atoms with Crippen LogP contribution in [0.5, 0.6) is 0 Å². The maximum atomic E-state index is 12.4. The smallest absolute Gasteiger partial charge is 0.159 e. The molecule has 1 atom stereocenters. The lowest BCUT2D eigenvalue weighted by atomic mass is 9.79. The van der Waals surface area contributed by atoms with Gasteiger partial charge in [-0.1, -0.05) is 50.1 Å². The molecule has 0 aliphatic carbocycles. The monoisotopic (exact) mass is 326 g/mol. The van der Waals surface area contributed by atoms with E-state index >= 15 is 0 Å². The van der Waals surface area contributed by atoms with Crippen LogP contribution in [0.2, 0.25) is 0 Å². The summed E-state index contributed by atoms with van der Waals surface area (Å²) in [6, 6.07) is 9.97. The van der Waals surface area contributed by atoms with Gasteiger partial charge in [-0.25, -0.2) is 0 Å². The lowest BCUT2D eigenvalue weighted by molar-refractivity contribution is -0.115.